The highest BCUT2D eigenvalue weighted by Gasteiger charge is 2.43. The number of nitrogens with one attached hydrogen (secondary N) is 2. The van der Waals surface area contributed by atoms with Crippen molar-refractivity contribution >= 4 is 17.7 Å². The average molecular weight is 275 g/mol. The average Bonchev–Trinajstić information content (AvgIpc) is 3.20. The van der Waals surface area contributed by atoms with Crippen LogP contribution in [0.3, 0.4) is 0 Å². The number of hydrogen-bond donors (Lipinski definition) is 2. The summed E-state index contributed by atoms with van der Waals surface area (Å²) in [5, 5.41) is 6.59. The Hall–Kier alpha value is -1.42. The molecule has 0 saturated heterocycles. The van der Waals surface area contributed by atoms with E-state index in [9.17, 15) is 0 Å². The standard InChI is InChI=1S/C15H21N3S/c1-3-11-17-14(16-2)18-12-15(9-10-15)19-13-7-5-4-6-8-13/h3-8H,1,9-12H2,2H3,(H2,16,17,18). The molecule has 1 aliphatic carbocycles. The molecule has 1 saturated carbocycles. The molecular weight excluding hydrogens is 254 g/mol. The van der Waals surface area contributed by atoms with Crippen LogP contribution in [0.4, 0.5) is 0 Å². The van der Waals surface area contributed by atoms with Gasteiger partial charge >= 0.3 is 0 Å². The summed E-state index contributed by atoms with van der Waals surface area (Å²) in [7, 11) is 1.79. The van der Waals surface area contributed by atoms with E-state index in [4.69, 9.17) is 0 Å². The molecule has 0 heterocycles. The minimum atomic E-state index is 0.340. The molecule has 1 fully saturated rings. The highest BCUT2D eigenvalue weighted by Crippen LogP contribution is 2.51. The molecule has 0 aromatic heterocycles. The highest BCUT2D eigenvalue weighted by molar-refractivity contribution is 8.01. The Kier molecular flexibility index (Phi) is 4.91. The molecule has 19 heavy (non-hydrogen) atoms. The minimum Gasteiger partial charge on any atom is -0.355 e. The monoisotopic (exact) mass is 275 g/mol. The van der Waals surface area contributed by atoms with Crippen LogP contribution >= 0.6 is 11.8 Å². The first-order chi connectivity index (χ1) is 9.28. The normalized spacial score (nSPS) is 16.8. The molecule has 4 heteroatoms. The number of rotatable bonds is 6. The molecule has 0 unspecified atom stereocenters. The molecule has 2 rings (SSSR count). The van der Waals surface area contributed by atoms with Gasteiger partial charge in [-0.3, -0.25) is 4.99 Å². The fraction of sp³-hybridized carbons (Fsp3) is 0.400. The summed E-state index contributed by atoms with van der Waals surface area (Å²) in [5.74, 6) is 0.847. The molecule has 0 amide bonds. The van der Waals surface area contributed by atoms with Crippen LogP contribution in [0.5, 0.6) is 0 Å². The van der Waals surface area contributed by atoms with Crippen molar-refractivity contribution in [2.45, 2.75) is 22.5 Å². The van der Waals surface area contributed by atoms with Crippen LogP contribution in [-0.4, -0.2) is 30.8 Å². The van der Waals surface area contributed by atoms with E-state index in [2.05, 4.69) is 52.5 Å². The van der Waals surface area contributed by atoms with E-state index in [-0.39, 0.29) is 0 Å². The summed E-state index contributed by atoms with van der Waals surface area (Å²) in [6.07, 6.45) is 4.36. The lowest BCUT2D eigenvalue weighted by Gasteiger charge is -2.17. The first kappa shape index (κ1) is 14.0. The zero-order chi connectivity index (χ0) is 13.6. The van der Waals surface area contributed by atoms with Gasteiger partial charge in [-0.15, -0.1) is 18.3 Å². The molecule has 0 spiro atoms. The van der Waals surface area contributed by atoms with Gasteiger partial charge < -0.3 is 10.6 Å². The molecule has 0 radical (unpaired) electrons. The van der Waals surface area contributed by atoms with Crippen LogP contribution in [0.15, 0.2) is 52.9 Å². The van der Waals surface area contributed by atoms with Gasteiger partial charge in [0.1, 0.15) is 0 Å². The molecule has 1 aliphatic rings. The van der Waals surface area contributed by atoms with Crippen LogP contribution in [-0.2, 0) is 0 Å². The van der Waals surface area contributed by atoms with Crippen LogP contribution in [0.1, 0.15) is 12.8 Å². The predicted octanol–water partition coefficient (Wildman–Crippen LogP) is 2.66. The Bertz CT molecular complexity index is 438. The zero-order valence-electron chi connectivity index (χ0n) is 11.4. The summed E-state index contributed by atoms with van der Waals surface area (Å²) < 4.78 is 0.340. The van der Waals surface area contributed by atoms with Crippen molar-refractivity contribution in [3.63, 3.8) is 0 Å². The zero-order valence-corrected chi connectivity index (χ0v) is 12.2. The van der Waals surface area contributed by atoms with E-state index in [1.54, 1.807) is 7.05 Å². The molecule has 1 aromatic rings. The Balaban J connectivity index is 1.83. The summed E-state index contributed by atoms with van der Waals surface area (Å²) in [6.45, 7) is 5.38. The van der Waals surface area contributed by atoms with E-state index >= 15 is 0 Å². The third-order valence-corrected chi connectivity index (χ3v) is 4.59. The molecule has 2 N–H and O–H groups in total. The second-order valence-corrected chi connectivity index (χ2v) is 6.24. The maximum absolute atomic E-state index is 4.20. The van der Waals surface area contributed by atoms with Gasteiger partial charge in [0.05, 0.1) is 0 Å². The van der Waals surface area contributed by atoms with E-state index in [1.807, 2.05) is 17.8 Å². The summed E-state index contributed by atoms with van der Waals surface area (Å²) in [5.41, 5.74) is 0. The van der Waals surface area contributed by atoms with E-state index in [1.165, 1.54) is 17.7 Å². The number of thioether (sulfide) groups is 1. The van der Waals surface area contributed by atoms with Crippen molar-refractivity contribution < 1.29 is 0 Å². The number of aliphatic imine (C=N–C) groups is 1. The van der Waals surface area contributed by atoms with Crippen molar-refractivity contribution in [2.75, 3.05) is 20.1 Å². The SMILES string of the molecule is C=CCNC(=NC)NCC1(Sc2ccccc2)CC1. The molecule has 102 valence electrons. The van der Waals surface area contributed by atoms with Gasteiger partial charge in [-0.25, -0.2) is 0 Å². The molecule has 1 aromatic carbocycles. The highest BCUT2D eigenvalue weighted by atomic mass is 32.2. The van der Waals surface area contributed by atoms with Crippen LogP contribution in [0.25, 0.3) is 0 Å². The Morgan fingerprint density at radius 3 is 2.68 bits per heavy atom. The van der Waals surface area contributed by atoms with E-state index < -0.39 is 0 Å². The quantitative estimate of drug-likeness (QED) is 0.476. The van der Waals surface area contributed by atoms with Crippen molar-refractivity contribution in [1.82, 2.24) is 10.6 Å². The minimum absolute atomic E-state index is 0.340. The first-order valence-corrected chi connectivity index (χ1v) is 7.39. The number of guanidine groups is 1. The lowest BCUT2D eigenvalue weighted by atomic mass is 10.4. The van der Waals surface area contributed by atoms with Gasteiger partial charge in [0, 0.05) is 29.8 Å². The fourth-order valence-electron chi connectivity index (χ4n) is 1.83. The van der Waals surface area contributed by atoms with Gasteiger partial charge in [-0.05, 0) is 25.0 Å². The van der Waals surface area contributed by atoms with Crippen LogP contribution in [0, 0.1) is 0 Å². The third kappa shape index (κ3) is 4.31. The van der Waals surface area contributed by atoms with Gasteiger partial charge in [-0.1, -0.05) is 24.3 Å². The molecule has 3 nitrogen and oxygen atoms in total. The maximum Gasteiger partial charge on any atom is 0.191 e. The van der Waals surface area contributed by atoms with Crippen molar-refractivity contribution in [1.29, 1.82) is 0 Å². The Morgan fingerprint density at radius 2 is 2.11 bits per heavy atom. The summed E-state index contributed by atoms with van der Waals surface area (Å²) >= 11 is 1.97. The Morgan fingerprint density at radius 1 is 1.37 bits per heavy atom. The smallest absolute Gasteiger partial charge is 0.191 e. The lowest BCUT2D eigenvalue weighted by Crippen LogP contribution is -2.41. The first-order valence-electron chi connectivity index (χ1n) is 6.57. The lowest BCUT2D eigenvalue weighted by molar-refractivity contribution is 0.784. The van der Waals surface area contributed by atoms with Crippen molar-refractivity contribution in [2.24, 2.45) is 4.99 Å². The van der Waals surface area contributed by atoms with E-state index in [0.717, 1.165) is 19.0 Å². The van der Waals surface area contributed by atoms with E-state index in [0.29, 0.717) is 4.75 Å². The molecule has 0 bridgehead atoms. The topological polar surface area (TPSA) is 36.4 Å². The second-order valence-electron chi connectivity index (χ2n) is 4.69. The summed E-state index contributed by atoms with van der Waals surface area (Å²) in [4.78, 5) is 5.54. The maximum atomic E-state index is 4.20. The van der Waals surface area contributed by atoms with Crippen LogP contribution in [0.2, 0.25) is 0 Å². The van der Waals surface area contributed by atoms with Crippen molar-refractivity contribution in [3.05, 3.63) is 43.0 Å². The molecular formula is C15H21N3S. The molecule has 0 atom stereocenters. The fourth-order valence-corrected chi connectivity index (χ4v) is 3.07. The molecule has 0 aliphatic heterocycles. The van der Waals surface area contributed by atoms with Gasteiger partial charge in [0.25, 0.3) is 0 Å². The Labute approximate surface area is 119 Å². The second kappa shape index (κ2) is 6.66. The summed E-state index contributed by atoms with van der Waals surface area (Å²) in [6, 6.07) is 10.6. The van der Waals surface area contributed by atoms with Gasteiger partial charge in [0.15, 0.2) is 5.96 Å². The number of benzene rings is 1. The van der Waals surface area contributed by atoms with Gasteiger partial charge in [0.2, 0.25) is 0 Å². The largest absolute Gasteiger partial charge is 0.355 e. The third-order valence-electron chi connectivity index (χ3n) is 3.10. The predicted molar refractivity (Wildman–Crippen MR) is 83.8 cm³/mol. The number of nitrogens with zero attached hydrogens (tertiary/aromatic N) is 1. The van der Waals surface area contributed by atoms with Gasteiger partial charge in [-0.2, -0.15) is 0 Å². The van der Waals surface area contributed by atoms with Crippen LogP contribution < -0.4 is 10.6 Å². The van der Waals surface area contributed by atoms with Crippen molar-refractivity contribution in [3.8, 4) is 0 Å². The number of hydrogen-bond acceptors (Lipinski definition) is 2.